The van der Waals surface area contributed by atoms with Crippen molar-refractivity contribution in [2.45, 2.75) is 32.4 Å². The molecule has 0 saturated carbocycles. The Hall–Kier alpha value is -1.60. The molecule has 2 rings (SSSR count). The lowest BCUT2D eigenvalue weighted by Gasteiger charge is -2.20. The first-order valence-electron chi connectivity index (χ1n) is 6.60. The van der Waals surface area contributed by atoms with Gasteiger partial charge in [-0.15, -0.1) is 0 Å². The van der Waals surface area contributed by atoms with Crippen LogP contribution >= 0.6 is 0 Å². The van der Waals surface area contributed by atoms with Crippen LogP contribution in [-0.2, 0) is 6.42 Å². The fourth-order valence-electron chi connectivity index (χ4n) is 2.29. The molecule has 0 saturated heterocycles. The van der Waals surface area contributed by atoms with E-state index in [0.29, 0.717) is 12.1 Å². The predicted molar refractivity (Wildman–Crippen MR) is 77.6 cm³/mol. The molecule has 2 aromatic carbocycles. The largest absolute Gasteiger partial charge is 0.307 e. The topological polar surface area (TPSA) is 12.0 Å². The van der Waals surface area contributed by atoms with Crippen molar-refractivity contribution in [3.8, 4) is 0 Å². The second kappa shape index (κ2) is 6.36. The van der Waals surface area contributed by atoms with Crippen LogP contribution in [0.25, 0.3) is 0 Å². The SMILES string of the molecule is C[C@H](Cc1ccccc1)N[C@H](C)c1ccccc1. The molecular weight excluding hydrogens is 218 g/mol. The van der Waals surface area contributed by atoms with Crippen molar-refractivity contribution in [1.29, 1.82) is 0 Å². The molecule has 0 radical (unpaired) electrons. The molecule has 1 N–H and O–H groups in total. The zero-order valence-electron chi connectivity index (χ0n) is 11.1. The first kappa shape index (κ1) is 12.8. The quantitative estimate of drug-likeness (QED) is 0.832. The molecular formula is C17H21N. The molecule has 0 fully saturated rings. The third-order valence-electron chi connectivity index (χ3n) is 3.22. The van der Waals surface area contributed by atoms with Crippen molar-refractivity contribution in [3.63, 3.8) is 0 Å². The van der Waals surface area contributed by atoms with E-state index in [1.165, 1.54) is 11.1 Å². The third-order valence-corrected chi connectivity index (χ3v) is 3.22. The molecule has 2 atom stereocenters. The van der Waals surface area contributed by atoms with Gasteiger partial charge in [-0.25, -0.2) is 0 Å². The van der Waals surface area contributed by atoms with E-state index in [1.807, 2.05) is 0 Å². The summed E-state index contributed by atoms with van der Waals surface area (Å²) in [7, 11) is 0. The van der Waals surface area contributed by atoms with E-state index in [2.05, 4.69) is 79.8 Å². The zero-order chi connectivity index (χ0) is 12.8. The summed E-state index contributed by atoms with van der Waals surface area (Å²) in [6, 6.07) is 22.1. The molecule has 0 bridgehead atoms. The van der Waals surface area contributed by atoms with Crippen molar-refractivity contribution in [3.05, 3.63) is 71.8 Å². The van der Waals surface area contributed by atoms with Crippen LogP contribution in [0.15, 0.2) is 60.7 Å². The maximum Gasteiger partial charge on any atom is 0.0294 e. The minimum atomic E-state index is 0.393. The molecule has 0 aliphatic rings. The Bertz CT molecular complexity index is 450. The van der Waals surface area contributed by atoms with Gasteiger partial charge in [-0.2, -0.15) is 0 Å². The zero-order valence-corrected chi connectivity index (χ0v) is 11.1. The summed E-state index contributed by atoms with van der Waals surface area (Å²) in [5, 5.41) is 3.64. The fourth-order valence-corrected chi connectivity index (χ4v) is 2.29. The van der Waals surface area contributed by atoms with Gasteiger partial charge in [0.1, 0.15) is 0 Å². The van der Waals surface area contributed by atoms with E-state index in [1.54, 1.807) is 0 Å². The predicted octanol–water partition coefficient (Wildman–Crippen LogP) is 3.97. The van der Waals surface area contributed by atoms with Gasteiger partial charge in [-0.3, -0.25) is 0 Å². The highest BCUT2D eigenvalue weighted by Gasteiger charge is 2.09. The maximum absolute atomic E-state index is 3.64. The smallest absolute Gasteiger partial charge is 0.0294 e. The summed E-state index contributed by atoms with van der Waals surface area (Å²) in [6.07, 6.45) is 1.07. The van der Waals surface area contributed by atoms with Gasteiger partial charge in [0, 0.05) is 12.1 Å². The third kappa shape index (κ3) is 3.71. The fraction of sp³-hybridized carbons (Fsp3) is 0.294. The maximum atomic E-state index is 3.64. The Kier molecular flexibility index (Phi) is 4.54. The number of hydrogen-bond acceptors (Lipinski definition) is 1. The van der Waals surface area contributed by atoms with Crippen LogP contribution in [-0.4, -0.2) is 6.04 Å². The van der Waals surface area contributed by atoms with E-state index in [4.69, 9.17) is 0 Å². The van der Waals surface area contributed by atoms with Crippen molar-refractivity contribution in [2.24, 2.45) is 0 Å². The Morgan fingerprint density at radius 3 is 2.00 bits per heavy atom. The van der Waals surface area contributed by atoms with Gasteiger partial charge >= 0.3 is 0 Å². The molecule has 0 aliphatic heterocycles. The average molecular weight is 239 g/mol. The van der Waals surface area contributed by atoms with Crippen LogP contribution in [0.5, 0.6) is 0 Å². The number of nitrogens with one attached hydrogen (secondary N) is 1. The molecule has 1 nitrogen and oxygen atoms in total. The minimum absolute atomic E-state index is 0.393. The Morgan fingerprint density at radius 2 is 1.39 bits per heavy atom. The van der Waals surface area contributed by atoms with E-state index >= 15 is 0 Å². The van der Waals surface area contributed by atoms with Crippen LogP contribution in [0.1, 0.15) is 31.0 Å². The molecule has 0 aromatic heterocycles. The van der Waals surface area contributed by atoms with Gasteiger partial charge < -0.3 is 5.32 Å². The van der Waals surface area contributed by atoms with E-state index in [9.17, 15) is 0 Å². The molecule has 0 unspecified atom stereocenters. The van der Waals surface area contributed by atoms with Crippen LogP contribution in [0.2, 0.25) is 0 Å². The lowest BCUT2D eigenvalue weighted by molar-refractivity contribution is 0.477. The summed E-state index contributed by atoms with van der Waals surface area (Å²) in [5.74, 6) is 0. The number of benzene rings is 2. The monoisotopic (exact) mass is 239 g/mol. The van der Waals surface area contributed by atoms with Gasteiger partial charge in [0.25, 0.3) is 0 Å². The van der Waals surface area contributed by atoms with Crippen molar-refractivity contribution in [2.75, 3.05) is 0 Å². The van der Waals surface area contributed by atoms with Gasteiger partial charge in [0.05, 0.1) is 0 Å². The second-order valence-corrected chi connectivity index (χ2v) is 4.89. The summed E-state index contributed by atoms with van der Waals surface area (Å²) < 4.78 is 0. The van der Waals surface area contributed by atoms with Gasteiger partial charge in [-0.1, -0.05) is 60.7 Å². The molecule has 18 heavy (non-hydrogen) atoms. The summed E-state index contributed by atoms with van der Waals surface area (Å²) in [5.41, 5.74) is 2.73. The van der Waals surface area contributed by atoms with E-state index in [0.717, 1.165) is 6.42 Å². The lowest BCUT2D eigenvalue weighted by Crippen LogP contribution is -2.30. The normalized spacial score (nSPS) is 14.1. The molecule has 1 heteroatoms. The average Bonchev–Trinajstić information content (AvgIpc) is 2.40. The van der Waals surface area contributed by atoms with Crippen molar-refractivity contribution in [1.82, 2.24) is 5.32 Å². The van der Waals surface area contributed by atoms with Crippen LogP contribution < -0.4 is 5.32 Å². The first-order chi connectivity index (χ1) is 8.75. The first-order valence-corrected chi connectivity index (χ1v) is 6.60. The highest BCUT2D eigenvalue weighted by atomic mass is 14.9. The Labute approximate surface area is 110 Å². The van der Waals surface area contributed by atoms with Crippen molar-refractivity contribution < 1.29 is 0 Å². The van der Waals surface area contributed by atoms with E-state index in [-0.39, 0.29) is 0 Å². The molecule has 0 heterocycles. The lowest BCUT2D eigenvalue weighted by atomic mass is 10.0. The number of rotatable bonds is 5. The van der Waals surface area contributed by atoms with Gasteiger partial charge in [-0.05, 0) is 31.4 Å². The Balaban J connectivity index is 1.90. The second-order valence-electron chi connectivity index (χ2n) is 4.89. The van der Waals surface area contributed by atoms with Gasteiger partial charge in [0.2, 0.25) is 0 Å². The Morgan fingerprint density at radius 1 is 0.833 bits per heavy atom. The standard InChI is InChI=1S/C17H21N/c1-14(13-16-9-5-3-6-10-16)18-15(2)17-11-7-4-8-12-17/h3-12,14-15,18H,13H2,1-2H3/t14-,15-/m1/s1. The summed E-state index contributed by atoms with van der Waals surface area (Å²) in [4.78, 5) is 0. The van der Waals surface area contributed by atoms with Gasteiger partial charge in [0.15, 0.2) is 0 Å². The van der Waals surface area contributed by atoms with Crippen LogP contribution in [0, 0.1) is 0 Å². The van der Waals surface area contributed by atoms with Crippen LogP contribution in [0.4, 0.5) is 0 Å². The van der Waals surface area contributed by atoms with E-state index < -0.39 is 0 Å². The summed E-state index contributed by atoms with van der Waals surface area (Å²) >= 11 is 0. The molecule has 94 valence electrons. The minimum Gasteiger partial charge on any atom is -0.307 e. The summed E-state index contributed by atoms with van der Waals surface area (Å²) in [6.45, 7) is 4.46. The van der Waals surface area contributed by atoms with Crippen molar-refractivity contribution >= 4 is 0 Å². The molecule has 2 aromatic rings. The molecule has 0 aliphatic carbocycles. The van der Waals surface area contributed by atoms with Crippen LogP contribution in [0.3, 0.4) is 0 Å². The highest BCUT2D eigenvalue weighted by Crippen LogP contribution is 2.13. The number of hydrogen-bond donors (Lipinski definition) is 1. The molecule has 0 amide bonds. The highest BCUT2D eigenvalue weighted by molar-refractivity contribution is 5.19. The molecule has 0 spiro atoms.